The standard InChI is InChI=1S/C13H12F3IN2O/c1-19-10-5-3-2-4-8(10)9(11(19)17)6-7-18-12(20)13(14,15)16/h2-5H,6-7H2,1H3,(H,18,20). The number of halogens is 4. The van der Waals surface area contributed by atoms with Crippen LogP contribution in [0.4, 0.5) is 13.2 Å². The molecule has 1 aromatic carbocycles. The molecule has 0 unspecified atom stereocenters. The van der Waals surface area contributed by atoms with E-state index in [0.29, 0.717) is 6.42 Å². The Hall–Kier alpha value is -1.25. The van der Waals surface area contributed by atoms with Crippen LogP contribution in [0.5, 0.6) is 0 Å². The molecule has 1 aromatic heterocycles. The molecule has 7 heteroatoms. The lowest BCUT2D eigenvalue weighted by atomic mass is 10.1. The van der Waals surface area contributed by atoms with Crippen LogP contribution >= 0.6 is 22.6 Å². The molecule has 1 heterocycles. The van der Waals surface area contributed by atoms with Gasteiger partial charge in [0.15, 0.2) is 0 Å². The van der Waals surface area contributed by atoms with E-state index in [4.69, 9.17) is 0 Å². The number of carbonyl (C=O) groups excluding carboxylic acids is 1. The minimum Gasteiger partial charge on any atom is -0.348 e. The Morgan fingerprint density at radius 2 is 2.00 bits per heavy atom. The number of aryl methyl sites for hydroxylation is 1. The molecule has 0 spiro atoms. The summed E-state index contributed by atoms with van der Waals surface area (Å²) in [6, 6.07) is 7.68. The van der Waals surface area contributed by atoms with Crippen molar-refractivity contribution in [2.75, 3.05) is 6.54 Å². The van der Waals surface area contributed by atoms with Crippen molar-refractivity contribution in [2.45, 2.75) is 12.6 Å². The number of benzene rings is 1. The van der Waals surface area contributed by atoms with Crippen molar-refractivity contribution in [3.05, 3.63) is 33.5 Å². The second kappa shape index (κ2) is 5.63. The average molecular weight is 396 g/mol. The lowest BCUT2D eigenvalue weighted by Crippen LogP contribution is -2.37. The maximum absolute atomic E-state index is 12.1. The number of fused-ring (bicyclic) bond motifs is 1. The molecule has 0 aliphatic rings. The van der Waals surface area contributed by atoms with Crippen molar-refractivity contribution in [3.63, 3.8) is 0 Å². The number of nitrogens with one attached hydrogen (secondary N) is 1. The molecule has 0 fully saturated rings. The summed E-state index contributed by atoms with van der Waals surface area (Å²) in [5, 5.41) is 2.90. The highest BCUT2D eigenvalue weighted by atomic mass is 127. The zero-order valence-electron chi connectivity index (χ0n) is 10.6. The van der Waals surface area contributed by atoms with Gasteiger partial charge in [0.25, 0.3) is 0 Å². The van der Waals surface area contributed by atoms with Crippen LogP contribution in [0.25, 0.3) is 10.9 Å². The average Bonchev–Trinajstić information content (AvgIpc) is 2.63. The van der Waals surface area contributed by atoms with Crippen molar-refractivity contribution < 1.29 is 18.0 Å². The Balaban J connectivity index is 2.15. The number of alkyl halides is 3. The van der Waals surface area contributed by atoms with Crippen LogP contribution in [0.1, 0.15) is 5.56 Å². The number of aromatic nitrogens is 1. The zero-order chi connectivity index (χ0) is 14.9. The number of nitrogens with zero attached hydrogens (tertiary/aromatic N) is 1. The molecular weight excluding hydrogens is 384 g/mol. The summed E-state index contributed by atoms with van der Waals surface area (Å²) in [6.07, 6.45) is -4.46. The highest BCUT2D eigenvalue weighted by Crippen LogP contribution is 2.26. The summed E-state index contributed by atoms with van der Waals surface area (Å²) in [5.41, 5.74) is 1.97. The largest absolute Gasteiger partial charge is 0.471 e. The Bertz CT molecular complexity index is 649. The fraction of sp³-hybridized carbons (Fsp3) is 0.308. The molecule has 1 N–H and O–H groups in total. The van der Waals surface area contributed by atoms with Gasteiger partial charge in [0.2, 0.25) is 0 Å². The first-order chi connectivity index (χ1) is 9.32. The molecule has 0 bridgehead atoms. The third-order valence-corrected chi connectivity index (χ3v) is 4.43. The highest BCUT2D eigenvalue weighted by molar-refractivity contribution is 14.1. The number of rotatable bonds is 3. The van der Waals surface area contributed by atoms with Crippen LogP contribution in [0.15, 0.2) is 24.3 Å². The Morgan fingerprint density at radius 3 is 2.65 bits per heavy atom. The fourth-order valence-electron chi connectivity index (χ4n) is 2.08. The Morgan fingerprint density at radius 1 is 1.35 bits per heavy atom. The lowest BCUT2D eigenvalue weighted by molar-refractivity contribution is -0.173. The Labute approximate surface area is 127 Å². The second-order valence-corrected chi connectivity index (χ2v) is 5.37. The van der Waals surface area contributed by atoms with Crippen LogP contribution in [0, 0.1) is 3.70 Å². The van der Waals surface area contributed by atoms with Crippen molar-refractivity contribution in [1.82, 2.24) is 9.88 Å². The summed E-state index contributed by atoms with van der Waals surface area (Å²) in [5.74, 6) is -1.90. The van der Waals surface area contributed by atoms with Gasteiger partial charge in [0.05, 0.1) is 3.70 Å². The molecule has 2 aromatic rings. The van der Waals surface area contributed by atoms with Gasteiger partial charge in [-0.25, -0.2) is 0 Å². The maximum Gasteiger partial charge on any atom is 0.471 e. The highest BCUT2D eigenvalue weighted by Gasteiger charge is 2.38. The molecule has 2 rings (SSSR count). The molecule has 0 atom stereocenters. The molecule has 0 saturated carbocycles. The summed E-state index contributed by atoms with van der Waals surface area (Å²) in [4.78, 5) is 10.8. The van der Waals surface area contributed by atoms with E-state index in [1.165, 1.54) is 0 Å². The van der Waals surface area contributed by atoms with Crippen molar-refractivity contribution in [2.24, 2.45) is 7.05 Å². The fourth-order valence-corrected chi connectivity index (χ4v) is 2.90. The van der Waals surface area contributed by atoms with E-state index in [9.17, 15) is 18.0 Å². The first kappa shape index (κ1) is 15.1. The third kappa shape index (κ3) is 2.92. The maximum atomic E-state index is 12.1. The molecular formula is C13H12F3IN2O. The van der Waals surface area contributed by atoms with E-state index in [1.807, 2.05) is 41.2 Å². The van der Waals surface area contributed by atoms with Gasteiger partial charge in [0, 0.05) is 24.5 Å². The van der Waals surface area contributed by atoms with Gasteiger partial charge < -0.3 is 9.88 Å². The van der Waals surface area contributed by atoms with Crippen LogP contribution in [0.3, 0.4) is 0 Å². The van der Waals surface area contributed by atoms with E-state index in [0.717, 1.165) is 20.2 Å². The van der Waals surface area contributed by atoms with E-state index in [-0.39, 0.29) is 6.54 Å². The minimum absolute atomic E-state index is 0.0393. The lowest BCUT2D eigenvalue weighted by Gasteiger charge is -2.07. The van der Waals surface area contributed by atoms with Crippen LogP contribution < -0.4 is 5.32 Å². The quantitative estimate of drug-likeness (QED) is 0.796. The predicted molar refractivity (Wildman–Crippen MR) is 78.4 cm³/mol. The minimum atomic E-state index is -4.83. The molecule has 20 heavy (non-hydrogen) atoms. The molecule has 0 aliphatic heterocycles. The first-order valence-corrected chi connectivity index (χ1v) is 6.97. The predicted octanol–water partition coefficient (Wildman–Crippen LogP) is 3.00. The number of hydrogen-bond donors (Lipinski definition) is 1. The van der Waals surface area contributed by atoms with Gasteiger partial charge in [-0.15, -0.1) is 0 Å². The van der Waals surface area contributed by atoms with E-state index >= 15 is 0 Å². The molecule has 0 aliphatic carbocycles. The van der Waals surface area contributed by atoms with Gasteiger partial charge in [-0.2, -0.15) is 13.2 Å². The number of carbonyl (C=O) groups is 1. The summed E-state index contributed by atoms with van der Waals surface area (Å²) < 4.78 is 39.2. The van der Waals surface area contributed by atoms with E-state index in [1.54, 1.807) is 0 Å². The monoisotopic (exact) mass is 396 g/mol. The smallest absolute Gasteiger partial charge is 0.348 e. The summed E-state index contributed by atoms with van der Waals surface area (Å²) in [6.45, 7) is -0.0393. The van der Waals surface area contributed by atoms with Crippen molar-refractivity contribution in [3.8, 4) is 0 Å². The van der Waals surface area contributed by atoms with Crippen LogP contribution in [-0.4, -0.2) is 23.2 Å². The second-order valence-electron chi connectivity index (χ2n) is 4.35. The number of amides is 1. The van der Waals surface area contributed by atoms with Gasteiger partial charge >= 0.3 is 12.1 Å². The molecule has 108 valence electrons. The summed E-state index contributed by atoms with van der Waals surface area (Å²) >= 11 is 2.16. The van der Waals surface area contributed by atoms with Gasteiger partial charge in [-0.3, -0.25) is 4.79 Å². The van der Waals surface area contributed by atoms with Crippen LogP contribution in [-0.2, 0) is 18.3 Å². The van der Waals surface area contributed by atoms with Crippen LogP contribution in [0.2, 0.25) is 0 Å². The SMILES string of the molecule is Cn1c(I)c(CCNC(=O)C(F)(F)F)c2ccccc21. The van der Waals surface area contributed by atoms with Gasteiger partial charge in [0.1, 0.15) is 0 Å². The van der Waals surface area contributed by atoms with Crippen molar-refractivity contribution in [1.29, 1.82) is 0 Å². The van der Waals surface area contributed by atoms with Gasteiger partial charge in [-0.1, -0.05) is 18.2 Å². The molecule has 1 amide bonds. The first-order valence-electron chi connectivity index (χ1n) is 5.89. The van der Waals surface area contributed by atoms with Crippen molar-refractivity contribution >= 4 is 39.4 Å². The molecule has 0 radical (unpaired) electrons. The molecule has 3 nitrogen and oxygen atoms in total. The zero-order valence-corrected chi connectivity index (χ0v) is 12.7. The van der Waals surface area contributed by atoms with E-state index < -0.39 is 12.1 Å². The topological polar surface area (TPSA) is 34.0 Å². The van der Waals surface area contributed by atoms with E-state index in [2.05, 4.69) is 22.6 Å². The normalized spacial score (nSPS) is 11.8. The number of hydrogen-bond acceptors (Lipinski definition) is 1. The molecule has 0 saturated heterocycles. The Kier molecular flexibility index (Phi) is 4.26. The third-order valence-electron chi connectivity index (χ3n) is 3.05. The summed E-state index contributed by atoms with van der Waals surface area (Å²) in [7, 11) is 1.90. The van der Waals surface area contributed by atoms with Gasteiger partial charge in [-0.05, 0) is 40.6 Å². The number of para-hydroxylation sites is 1.